The van der Waals surface area contributed by atoms with E-state index in [0.29, 0.717) is 28.8 Å². The van der Waals surface area contributed by atoms with Gasteiger partial charge in [-0.1, -0.05) is 17.7 Å². The predicted octanol–water partition coefficient (Wildman–Crippen LogP) is 5.63. The van der Waals surface area contributed by atoms with E-state index in [9.17, 15) is 18.4 Å². The van der Waals surface area contributed by atoms with Crippen LogP contribution >= 0.6 is 11.3 Å². The topological polar surface area (TPSA) is 130 Å². The van der Waals surface area contributed by atoms with Crippen molar-refractivity contribution >= 4 is 39.1 Å². The molecule has 5 rings (SSSR count). The standard InChI is InChI=1S/C28H27F2N7O3S/c1-5-37-16(4)18(12-32-37)17-11-20(25(29)30)33-28-22(17)23(24(41-28)26(31)38)34-27(39)19-8-9-36(35-19)13-40-21-7-6-14(2)10-15(21)3/h6-12,25H,5,13H2,1-4H3,(H2,31,38)(H,34,39). The third-order valence-electron chi connectivity index (χ3n) is 6.62. The van der Waals surface area contributed by atoms with Crippen molar-refractivity contribution in [1.29, 1.82) is 0 Å². The first-order valence-corrected chi connectivity index (χ1v) is 13.5. The third kappa shape index (κ3) is 5.40. The van der Waals surface area contributed by atoms with Crippen LogP contribution < -0.4 is 15.8 Å². The van der Waals surface area contributed by atoms with Crippen molar-refractivity contribution in [3.05, 3.63) is 75.8 Å². The van der Waals surface area contributed by atoms with Crippen molar-refractivity contribution in [2.45, 2.75) is 47.4 Å². The zero-order chi connectivity index (χ0) is 29.4. The Morgan fingerprint density at radius 2 is 1.93 bits per heavy atom. The van der Waals surface area contributed by atoms with Crippen molar-refractivity contribution in [2.24, 2.45) is 5.73 Å². The highest BCUT2D eigenvalue weighted by atomic mass is 32.1. The van der Waals surface area contributed by atoms with E-state index in [4.69, 9.17) is 10.5 Å². The normalized spacial score (nSPS) is 11.4. The summed E-state index contributed by atoms with van der Waals surface area (Å²) in [6.07, 6.45) is 0.295. The number of carbonyl (C=O) groups excluding carboxylic acids is 2. The molecule has 4 aromatic heterocycles. The van der Waals surface area contributed by atoms with Gasteiger partial charge in [-0.25, -0.2) is 18.4 Å². The maximum atomic E-state index is 13.8. The van der Waals surface area contributed by atoms with E-state index in [2.05, 4.69) is 20.5 Å². The van der Waals surface area contributed by atoms with Gasteiger partial charge in [0.1, 0.15) is 21.2 Å². The Kier molecular flexibility index (Phi) is 7.54. The molecular formula is C28H27F2N7O3S. The van der Waals surface area contributed by atoms with Crippen molar-refractivity contribution in [3.8, 4) is 16.9 Å². The number of thiophene rings is 1. The van der Waals surface area contributed by atoms with Gasteiger partial charge in [0.2, 0.25) is 0 Å². The number of primary amides is 1. The minimum atomic E-state index is -2.85. The van der Waals surface area contributed by atoms with Crippen LogP contribution in [0.4, 0.5) is 14.5 Å². The number of aryl methyl sites for hydroxylation is 3. The summed E-state index contributed by atoms with van der Waals surface area (Å²) in [5, 5.41) is 11.7. The maximum Gasteiger partial charge on any atom is 0.280 e. The van der Waals surface area contributed by atoms with E-state index in [1.807, 2.05) is 45.9 Å². The molecule has 1 aromatic carbocycles. The van der Waals surface area contributed by atoms with E-state index in [1.165, 1.54) is 16.8 Å². The Bertz CT molecular complexity index is 1790. The number of hydrogen-bond donors (Lipinski definition) is 2. The van der Waals surface area contributed by atoms with Crippen molar-refractivity contribution in [1.82, 2.24) is 24.5 Å². The first-order valence-electron chi connectivity index (χ1n) is 12.7. The molecule has 41 heavy (non-hydrogen) atoms. The molecule has 2 amide bonds. The number of benzene rings is 1. The Morgan fingerprint density at radius 1 is 1.15 bits per heavy atom. The molecule has 0 unspecified atom stereocenters. The summed E-state index contributed by atoms with van der Waals surface area (Å²) >= 11 is 0.835. The van der Waals surface area contributed by atoms with Gasteiger partial charge in [0, 0.05) is 29.4 Å². The molecule has 0 aliphatic carbocycles. The molecule has 3 N–H and O–H groups in total. The number of alkyl halides is 2. The number of aromatic nitrogens is 5. The van der Waals surface area contributed by atoms with Crippen LogP contribution in [0, 0.1) is 20.8 Å². The average Bonchev–Trinajstić information content (AvgIpc) is 3.65. The van der Waals surface area contributed by atoms with Crippen LogP contribution in [0.3, 0.4) is 0 Å². The molecule has 212 valence electrons. The Hall–Kier alpha value is -4.65. The molecular weight excluding hydrogens is 552 g/mol. The number of fused-ring (bicyclic) bond motifs is 1. The number of hydrogen-bond acceptors (Lipinski definition) is 7. The fraction of sp³-hybridized carbons (Fsp3) is 0.250. The fourth-order valence-corrected chi connectivity index (χ4v) is 5.61. The largest absolute Gasteiger partial charge is 0.471 e. The van der Waals surface area contributed by atoms with Crippen LogP contribution in [-0.2, 0) is 13.3 Å². The maximum absolute atomic E-state index is 13.8. The van der Waals surface area contributed by atoms with Crippen molar-refractivity contribution < 1.29 is 23.1 Å². The van der Waals surface area contributed by atoms with E-state index >= 15 is 0 Å². The Morgan fingerprint density at radius 3 is 2.59 bits per heavy atom. The first-order chi connectivity index (χ1) is 19.6. The van der Waals surface area contributed by atoms with E-state index < -0.39 is 23.9 Å². The zero-order valence-corrected chi connectivity index (χ0v) is 23.6. The van der Waals surface area contributed by atoms with Crippen LogP contribution in [0.25, 0.3) is 21.3 Å². The summed E-state index contributed by atoms with van der Waals surface area (Å²) in [6.45, 7) is 8.28. The highest BCUT2D eigenvalue weighted by molar-refractivity contribution is 7.21. The Balaban J connectivity index is 1.51. The second-order valence-electron chi connectivity index (χ2n) is 9.44. The smallest absolute Gasteiger partial charge is 0.280 e. The van der Waals surface area contributed by atoms with E-state index in [1.54, 1.807) is 17.1 Å². The van der Waals surface area contributed by atoms with E-state index in [0.717, 1.165) is 28.2 Å². The second kappa shape index (κ2) is 11.1. The molecule has 0 aliphatic rings. The number of nitrogens with two attached hydrogens (primary N) is 1. The van der Waals surface area contributed by atoms with Crippen LogP contribution in [0.15, 0.2) is 42.7 Å². The fourth-order valence-electron chi connectivity index (χ4n) is 4.59. The lowest BCUT2D eigenvalue weighted by Gasteiger charge is -2.11. The number of rotatable bonds is 9. The van der Waals surface area contributed by atoms with Gasteiger partial charge in [0.05, 0.1) is 11.9 Å². The van der Waals surface area contributed by atoms with E-state index in [-0.39, 0.29) is 27.8 Å². The molecule has 0 atom stereocenters. The lowest BCUT2D eigenvalue weighted by Crippen LogP contribution is -2.18. The second-order valence-corrected chi connectivity index (χ2v) is 10.4. The van der Waals surface area contributed by atoms with Gasteiger partial charge in [0.25, 0.3) is 18.2 Å². The first kappa shape index (κ1) is 27.9. The molecule has 0 spiro atoms. The monoisotopic (exact) mass is 579 g/mol. The van der Waals surface area contributed by atoms with Gasteiger partial charge < -0.3 is 15.8 Å². The highest BCUT2D eigenvalue weighted by Crippen LogP contribution is 2.43. The Labute approximate surface area is 237 Å². The number of anilines is 1. The number of nitrogens with one attached hydrogen (secondary N) is 1. The number of ether oxygens (including phenoxy) is 1. The molecule has 0 fully saturated rings. The van der Waals surface area contributed by atoms with Crippen LogP contribution in [0.1, 0.15) is 56.0 Å². The quantitative estimate of drug-likeness (QED) is 0.233. The lowest BCUT2D eigenvalue weighted by molar-refractivity contribution is 0.100. The number of amides is 2. The highest BCUT2D eigenvalue weighted by Gasteiger charge is 2.27. The SMILES string of the molecule is CCn1ncc(-c2cc(C(F)F)nc3sc(C(N)=O)c(NC(=O)c4ccn(COc5ccc(C)cc5C)n4)c23)c1C. The summed E-state index contributed by atoms with van der Waals surface area (Å²) in [5.74, 6) is -0.763. The molecule has 0 aliphatic heterocycles. The molecule has 0 saturated carbocycles. The van der Waals surface area contributed by atoms with Gasteiger partial charge in [-0.2, -0.15) is 10.2 Å². The number of nitrogens with zero attached hydrogens (tertiary/aromatic N) is 5. The third-order valence-corrected chi connectivity index (χ3v) is 7.71. The van der Waals surface area contributed by atoms with Gasteiger partial charge in [-0.15, -0.1) is 11.3 Å². The van der Waals surface area contributed by atoms with Gasteiger partial charge in [0.15, 0.2) is 12.4 Å². The zero-order valence-electron chi connectivity index (χ0n) is 22.7. The van der Waals surface area contributed by atoms with Gasteiger partial charge in [-0.05, 0) is 57.0 Å². The summed E-state index contributed by atoms with van der Waals surface area (Å²) in [7, 11) is 0. The van der Waals surface area contributed by atoms with Crippen molar-refractivity contribution in [2.75, 3.05) is 5.32 Å². The molecule has 4 heterocycles. The summed E-state index contributed by atoms with van der Waals surface area (Å²) in [4.78, 5) is 29.9. The molecule has 5 aromatic rings. The summed E-state index contributed by atoms with van der Waals surface area (Å²) in [5.41, 5.74) is 9.05. The minimum absolute atomic E-state index is 0.0216. The van der Waals surface area contributed by atoms with Crippen molar-refractivity contribution in [3.63, 3.8) is 0 Å². The van der Waals surface area contributed by atoms with Crippen LogP contribution in [-0.4, -0.2) is 36.4 Å². The predicted molar refractivity (Wildman–Crippen MR) is 151 cm³/mol. The van der Waals surface area contributed by atoms with Gasteiger partial charge in [-0.3, -0.25) is 14.3 Å². The number of carbonyl (C=O) groups is 2. The number of pyridine rings is 1. The minimum Gasteiger partial charge on any atom is -0.471 e. The molecule has 13 heteroatoms. The molecule has 0 radical (unpaired) electrons. The summed E-state index contributed by atoms with van der Waals surface area (Å²) in [6, 6.07) is 8.56. The van der Waals surface area contributed by atoms with Crippen LogP contribution in [0.2, 0.25) is 0 Å². The molecule has 0 saturated heterocycles. The molecule has 0 bridgehead atoms. The average molecular weight is 580 g/mol. The number of halogens is 2. The van der Waals surface area contributed by atoms with Gasteiger partial charge >= 0.3 is 0 Å². The lowest BCUT2D eigenvalue weighted by atomic mass is 10.0. The van der Waals surface area contributed by atoms with Crippen LogP contribution in [0.5, 0.6) is 5.75 Å². The summed E-state index contributed by atoms with van der Waals surface area (Å²) < 4.78 is 36.6. The molecule has 10 nitrogen and oxygen atoms in total.